The molecule has 24 heavy (non-hydrogen) atoms. The third kappa shape index (κ3) is 4.94. The minimum Gasteiger partial charge on any atom is -0.349 e. The Morgan fingerprint density at radius 3 is 2.38 bits per heavy atom. The lowest BCUT2D eigenvalue weighted by Crippen LogP contribution is -2.42. The fourth-order valence-corrected chi connectivity index (χ4v) is 2.80. The Kier molecular flexibility index (Phi) is 8.19. The Morgan fingerprint density at radius 2 is 1.75 bits per heavy atom. The Bertz CT molecular complexity index is 659. The van der Waals surface area contributed by atoms with Crippen LogP contribution in [0.3, 0.4) is 0 Å². The van der Waals surface area contributed by atoms with E-state index in [1.165, 1.54) is 0 Å². The van der Waals surface area contributed by atoms with Crippen molar-refractivity contribution in [1.29, 1.82) is 0 Å². The van der Waals surface area contributed by atoms with Gasteiger partial charge in [0.25, 0.3) is 5.91 Å². The minimum atomic E-state index is -0.0171. The number of aryl methyl sites for hydroxylation is 1. The number of halogens is 2. The quantitative estimate of drug-likeness (QED) is 0.873. The second kappa shape index (κ2) is 9.62. The Hall–Kier alpha value is -1.62. The zero-order valence-corrected chi connectivity index (χ0v) is 15.3. The molecular weight excluding hydrogens is 345 g/mol. The van der Waals surface area contributed by atoms with Gasteiger partial charge in [-0.1, -0.05) is 30.3 Å². The van der Waals surface area contributed by atoms with Gasteiger partial charge in [0, 0.05) is 11.6 Å². The second-order valence-electron chi connectivity index (χ2n) is 5.69. The van der Waals surface area contributed by atoms with Gasteiger partial charge in [-0.15, -0.1) is 24.8 Å². The molecule has 1 aromatic heterocycles. The molecule has 0 aliphatic carbocycles. The van der Waals surface area contributed by atoms with E-state index in [-0.39, 0.29) is 36.8 Å². The fourth-order valence-electron chi connectivity index (χ4n) is 2.80. The molecule has 2 heterocycles. The van der Waals surface area contributed by atoms with Crippen LogP contribution >= 0.6 is 24.8 Å². The van der Waals surface area contributed by atoms with Crippen molar-refractivity contribution < 1.29 is 4.79 Å². The average Bonchev–Trinajstić information content (AvgIpc) is 2.56. The summed E-state index contributed by atoms with van der Waals surface area (Å²) in [6.07, 6.45) is 1.97. The SMILES string of the molecule is Cc1nc(-c2ccccc2)ccc1C(=O)NC1CCNCC1.Cl.Cl. The molecule has 0 bridgehead atoms. The molecule has 1 aliphatic heterocycles. The Balaban J connectivity index is 0.00000144. The van der Waals surface area contributed by atoms with Crippen LogP contribution in [0.25, 0.3) is 11.3 Å². The van der Waals surface area contributed by atoms with E-state index in [9.17, 15) is 4.79 Å². The van der Waals surface area contributed by atoms with E-state index in [0.29, 0.717) is 5.56 Å². The smallest absolute Gasteiger partial charge is 0.253 e. The zero-order valence-electron chi connectivity index (χ0n) is 13.6. The van der Waals surface area contributed by atoms with Crippen molar-refractivity contribution in [2.45, 2.75) is 25.8 Å². The van der Waals surface area contributed by atoms with Crippen molar-refractivity contribution in [3.63, 3.8) is 0 Å². The van der Waals surface area contributed by atoms with Gasteiger partial charge >= 0.3 is 0 Å². The maximum Gasteiger partial charge on any atom is 0.253 e. The van der Waals surface area contributed by atoms with Gasteiger partial charge < -0.3 is 10.6 Å². The number of carbonyl (C=O) groups is 1. The van der Waals surface area contributed by atoms with Crippen molar-refractivity contribution in [3.05, 3.63) is 53.7 Å². The lowest BCUT2D eigenvalue weighted by molar-refractivity contribution is 0.0928. The van der Waals surface area contributed by atoms with Crippen LogP contribution in [-0.2, 0) is 0 Å². The number of benzene rings is 1. The maximum absolute atomic E-state index is 12.4. The molecule has 0 atom stereocenters. The van der Waals surface area contributed by atoms with E-state index in [1.54, 1.807) is 0 Å². The lowest BCUT2D eigenvalue weighted by Gasteiger charge is -2.24. The van der Waals surface area contributed by atoms with E-state index in [0.717, 1.165) is 42.9 Å². The van der Waals surface area contributed by atoms with Gasteiger partial charge in [0.2, 0.25) is 0 Å². The molecule has 1 aliphatic rings. The van der Waals surface area contributed by atoms with Crippen molar-refractivity contribution >= 4 is 30.7 Å². The van der Waals surface area contributed by atoms with E-state index in [1.807, 2.05) is 49.4 Å². The minimum absolute atomic E-state index is 0. The second-order valence-corrected chi connectivity index (χ2v) is 5.69. The highest BCUT2D eigenvalue weighted by Gasteiger charge is 2.18. The van der Waals surface area contributed by atoms with E-state index >= 15 is 0 Å². The van der Waals surface area contributed by atoms with E-state index in [2.05, 4.69) is 15.6 Å². The molecular formula is C18H23Cl2N3O. The number of carbonyl (C=O) groups excluding carboxylic acids is 1. The zero-order chi connectivity index (χ0) is 15.4. The van der Waals surface area contributed by atoms with Crippen molar-refractivity contribution in [2.75, 3.05) is 13.1 Å². The van der Waals surface area contributed by atoms with Crippen LogP contribution in [0.2, 0.25) is 0 Å². The number of hydrogen-bond acceptors (Lipinski definition) is 3. The predicted molar refractivity (Wildman–Crippen MR) is 102 cm³/mol. The topological polar surface area (TPSA) is 54.0 Å². The molecule has 4 nitrogen and oxygen atoms in total. The first kappa shape index (κ1) is 20.4. The monoisotopic (exact) mass is 367 g/mol. The predicted octanol–water partition coefficient (Wildman–Crippen LogP) is 3.38. The van der Waals surface area contributed by atoms with Crippen molar-refractivity contribution in [1.82, 2.24) is 15.6 Å². The van der Waals surface area contributed by atoms with Gasteiger partial charge in [0.15, 0.2) is 0 Å². The standard InChI is InChI=1S/C18H21N3O.2ClH/c1-13-16(18(22)21-15-9-11-19-12-10-15)7-8-17(20-13)14-5-3-2-4-6-14;;/h2-8,15,19H,9-12H2,1H3,(H,21,22);2*1H. The normalized spacial score (nSPS) is 14.2. The third-order valence-electron chi connectivity index (χ3n) is 4.07. The summed E-state index contributed by atoms with van der Waals surface area (Å²) < 4.78 is 0. The molecule has 0 spiro atoms. The summed E-state index contributed by atoms with van der Waals surface area (Å²) in [5.74, 6) is -0.0171. The van der Waals surface area contributed by atoms with E-state index < -0.39 is 0 Å². The summed E-state index contributed by atoms with van der Waals surface area (Å²) in [5, 5.41) is 6.42. The first-order valence-electron chi connectivity index (χ1n) is 7.78. The molecule has 2 N–H and O–H groups in total. The van der Waals surface area contributed by atoms with Crippen LogP contribution in [0.15, 0.2) is 42.5 Å². The van der Waals surface area contributed by atoms with Crippen LogP contribution in [-0.4, -0.2) is 30.0 Å². The summed E-state index contributed by atoms with van der Waals surface area (Å²) in [4.78, 5) is 17.0. The van der Waals surface area contributed by atoms with Gasteiger partial charge in [-0.05, 0) is 45.0 Å². The highest BCUT2D eigenvalue weighted by atomic mass is 35.5. The number of amides is 1. The molecule has 1 fully saturated rings. The van der Waals surface area contributed by atoms with Crippen molar-refractivity contribution in [3.8, 4) is 11.3 Å². The molecule has 1 amide bonds. The summed E-state index contributed by atoms with van der Waals surface area (Å²) in [5.41, 5.74) is 3.40. The number of nitrogens with one attached hydrogen (secondary N) is 2. The Morgan fingerprint density at radius 1 is 1.08 bits per heavy atom. The largest absolute Gasteiger partial charge is 0.349 e. The average molecular weight is 368 g/mol. The summed E-state index contributed by atoms with van der Waals surface area (Å²) in [7, 11) is 0. The van der Waals surface area contributed by atoms with Gasteiger partial charge in [-0.2, -0.15) is 0 Å². The maximum atomic E-state index is 12.4. The summed E-state index contributed by atoms with van der Waals surface area (Å²) in [6.45, 7) is 3.83. The van der Waals surface area contributed by atoms with Gasteiger partial charge in [-0.3, -0.25) is 9.78 Å². The highest BCUT2D eigenvalue weighted by Crippen LogP contribution is 2.18. The molecule has 2 aromatic rings. The number of nitrogens with zero attached hydrogens (tertiary/aromatic N) is 1. The fraction of sp³-hybridized carbons (Fsp3) is 0.333. The first-order chi connectivity index (χ1) is 10.7. The van der Waals surface area contributed by atoms with Crippen LogP contribution in [0.5, 0.6) is 0 Å². The van der Waals surface area contributed by atoms with Crippen LogP contribution in [0.4, 0.5) is 0 Å². The molecule has 6 heteroatoms. The van der Waals surface area contributed by atoms with Gasteiger partial charge in [0.05, 0.1) is 17.0 Å². The third-order valence-corrected chi connectivity index (χ3v) is 4.07. The molecule has 130 valence electrons. The van der Waals surface area contributed by atoms with Crippen LogP contribution in [0, 0.1) is 6.92 Å². The number of aromatic nitrogens is 1. The number of piperidine rings is 1. The molecule has 0 unspecified atom stereocenters. The van der Waals surface area contributed by atoms with Crippen LogP contribution in [0.1, 0.15) is 28.9 Å². The molecule has 1 aromatic carbocycles. The van der Waals surface area contributed by atoms with Crippen LogP contribution < -0.4 is 10.6 Å². The molecule has 3 rings (SSSR count). The lowest BCUT2D eigenvalue weighted by atomic mass is 10.0. The molecule has 1 saturated heterocycles. The number of rotatable bonds is 3. The van der Waals surface area contributed by atoms with Crippen molar-refractivity contribution in [2.24, 2.45) is 0 Å². The van der Waals surface area contributed by atoms with Gasteiger partial charge in [0.1, 0.15) is 0 Å². The number of pyridine rings is 1. The van der Waals surface area contributed by atoms with E-state index in [4.69, 9.17) is 0 Å². The highest BCUT2D eigenvalue weighted by molar-refractivity contribution is 5.95. The number of hydrogen-bond donors (Lipinski definition) is 2. The van der Waals surface area contributed by atoms with Gasteiger partial charge in [-0.25, -0.2) is 0 Å². The molecule has 0 radical (unpaired) electrons. The Labute approximate surface area is 155 Å². The summed E-state index contributed by atoms with van der Waals surface area (Å²) >= 11 is 0. The molecule has 0 saturated carbocycles. The summed E-state index contributed by atoms with van der Waals surface area (Å²) in [6, 6.07) is 14.1. The first-order valence-corrected chi connectivity index (χ1v) is 7.78.